The Morgan fingerprint density at radius 2 is 1.76 bits per heavy atom. The highest BCUT2D eigenvalue weighted by atomic mass is 35.5. The maximum absolute atomic E-state index is 10.7. The summed E-state index contributed by atoms with van der Waals surface area (Å²) >= 11 is 23.9. The van der Waals surface area contributed by atoms with E-state index in [1.54, 1.807) is 18.2 Å². The fourth-order valence-corrected chi connectivity index (χ4v) is 3.42. The highest BCUT2D eigenvalue weighted by Crippen LogP contribution is 2.66. The van der Waals surface area contributed by atoms with E-state index in [9.17, 15) is 4.79 Å². The molecule has 0 aromatic heterocycles. The van der Waals surface area contributed by atoms with Crippen LogP contribution in [0.4, 0.5) is 0 Å². The number of aliphatic carboxylic acids is 1. The topological polar surface area (TPSA) is 37.3 Å². The summed E-state index contributed by atoms with van der Waals surface area (Å²) in [7, 11) is 0. The minimum absolute atomic E-state index is 0.0677. The lowest BCUT2D eigenvalue weighted by molar-refractivity contribution is -0.137. The number of alkyl halides is 2. The largest absolute Gasteiger partial charge is 0.481 e. The first-order chi connectivity index (χ1) is 7.82. The quantitative estimate of drug-likeness (QED) is 0.842. The van der Waals surface area contributed by atoms with Gasteiger partial charge in [-0.25, -0.2) is 0 Å². The van der Waals surface area contributed by atoms with E-state index < -0.39 is 10.3 Å². The number of carboxylic acids is 1. The zero-order valence-corrected chi connectivity index (χ0v) is 11.5. The van der Waals surface area contributed by atoms with Crippen LogP contribution in [-0.4, -0.2) is 15.4 Å². The molecule has 0 bridgehead atoms. The second-order valence-corrected chi connectivity index (χ2v) is 6.38. The van der Waals surface area contributed by atoms with E-state index in [0.717, 1.165) is 5.56 Å². The van der Waals surface area contributed by atoms with Gasteiger partial charge in [0.05, 0.1) is 6.42 Å². The maximum atomic E-state index is 10.7. The zero-order valence-electron chi connectivity index (χ0n) is 8.46. The molecule has 0 saturated heterocycles. The molecule has 0 amide bonds. The molecule has 0 heterocycles. The van der Waals surface area contributed by atoms with Crippen molar-refractivity contribution in [3.63, 3.8) is 0 Å². The van der Waals surface area contributed by atoms with Gasteiger partial charge in [0.1, 0.15) is 4.33 Å². The number of benzene rings is 1. The molecular weight excluding hydrogens is 306 g/mol. The third-order valence-corrected chi connectivity index (χ3v) is 4.31. The van der Waals surface area contributed by atoms with Gasteiger partial charge in [0.25, 0.3) is 0 Å². The Morgan fingerprint density at radius 1 is 1.24 bits per heavy atom. The smallest absolute Gasteiger partial charge is 0.303 e. The van der Waals surface area contributed by atoms with Gasteiger partial charge in [-0.1, -0.05) is 23.2 Å². The van der Waals surface area contributed by atoms with E-state index in [2.05, 4.69) is 0 Å². The van der Waals surface area contributed by atoms with Crippen molar-refractivity contribution in [2.45, 2.75) is 16.7 Å². The first-order valence-corrected chi connectivity index (χ1v) is 6.39. The maximum Gasteiger partial charge on any atom is 0.303 e. The van der Waals surface area contributed by atoms with Crippen molar-refractivity contribution in [1.29, 1.82) is 0 Å². The summed E-state index contributed by atoms with van der Waals surface area (Å²) in [6.07, 6.45) is -0.0677. The molecule has 2 nitrogen and oxygen atoms in total. The molecule has 0 radical (unpaired) electrons. The fourth-order valence-electron chi connectivity index (χ4n) is 2.04. The Hall–Kier alpha value is -0.150. The molecule has 1 aliphatic carbocycles. The van der Waals surface area contributed by atoms with Crippen LogP contribution in [0.5, 0.6) is 0 Å². The molecule has 17 heavy (non-hydrogen) atoms. The highest BCUT2D eigenvalue weighted by Gasteiger charge is 2.64. The molecule has 2 rings (SSSR count). The Kier molecular flexibility index (Phi) is 3.52. The van der Waals surface area contributed by atoms with Crippen molar-refractivity contribution in [2.75, 3.05) is 0 Å². The van der Waals surface area contributed by atoms with E-state index in [0.29, 0.717) is 10.0 Å². The minimum Gasteiger partial charge on any atom is -0.481 e. The van der Waals surface area contributed by atoms with Crippen LogP contribution in [0.3, 0.4) is 0 Å². The lowest BCUT2D eigenvalue weighted by Gasteiger charge is -2.02. The average molecular weight is 314 g/mol. The van der Waals surface area contributed by atoms with Crippen LogP contribution >= 0.6 is 46.4 Å². The van der Waals surface area contributed by atoms with E-state index in [1.807, 2.05) is 0 Å². The summed E-state index contributed by atoms with van der Waals surface area (Å²) < 4.78 is -1.05. The summed E-state index contributed by atoms with van der Waals surface area (Å²) in [6.45, 7) is 0. The van der Waals surface area contributed by atoms with Crippen molar-refractivity contribution >= 4 is 52.4 Å². The second kappa shape index (κ2) is 4.51. The third-order valence-electron chi connectivity index (χ3n) is 2.84. The van der Waals surface area contributed by atoms with Crippen molar-refractivity contribution < 1.29 is 9.90 Å². The van der Waals surface area contributed by atoms with Crippen LogP contribution in [0.25, 0.3) is 0 Å². The van der Waals surface area contributed by atoms with Gasteiger partial charge in [0.15, 0.2) is 0 Å². The summed E-state index contributed by atoms with van der Waals surface area (Å²) in [5, 5.41) is 9.73. The Bertz CT molecular complexity index is 452. The van der Waals surface area contributed by atoms with Gasteiger partial charge >= 0.3 is 5.97 Å². The van der Waals surface area contributed by atoms with E-state index in [1.165, 1.54) is 0 Å². The Balaban J connectivity index is 2.26. The predicted molar refractivity (Wildman–Crippen MR) is 69.4 cm³/mol. The van der Waals surface area contributed by atoms with Crippen LogP contribution in [0.2, 0.25) is 10.0 Å². The summed E-state index contributed by atoms with van der Waals surface area (Å²) in [5.74, 6) is -1.47. The van der Waals surface area contributed by atoms with Crippen LogP contribution in [0.15, 0.2) is 18.2 Å². The normalized spacial score (nSPS) is 25.6. The van der Waals surface area contributed by atoms with Gasteiger partial charge in [-0.15, -0.1) is 23.2 Å². The SMILES string of the molecule is O=C(O)C[C@@H]1[C@@H](c2cc(Cl)cc(Cl)c2)C1(Cl)Cl. The lowest BCUT2D eigenvalue weighted by atomic mass is 10.1. The molecule has 1 saturated carbocycles. The summed E-state index contributed by atoms with van der Waals surface area (Å²) in [5.41, 5.74) is 0.777. The van der Waals surface area contributed by atoms with Crippen LogP contribution in [0.1, 0.15) is 17.9 Å². The van der Waals surface area contributed by atoms with E-state index >= 15 is 0 Å². The van der Waals surface area contributed by atoms with Crippen molar-refractivity contribution in [2.24, 2.45) is 5.92 Å². The molecule has 1 N–H and O–H groups in total. The summed E-state index contributed by atoms with van der Waals surface area (Å²) in [4.78, 5) is 10.7. The number of rotatable bonds is 3. The average Bonchev–Trinajstić information content (AvgIpc) is 2.64. The Morgan fingerprint density at radius 3 is 2.24 bits per heavy atom. The molecule has 1 fully saturated rings. The lowest BCUT2D eigenvalue weighted by Crippen LogP contribution is -1.99. The second-order valence-electron chi connectivity index (χ2n) is 4.06. The molecule has 0 spiro atoms. The first-order valence-electron chi connectivity index (χ1n) is 4.88. The molecule has 0 aliphatic heterocycles. The van der Waals surface area contributed by atoms with Crippen molar-refractivity contribution in [1.82, 2.24) is 0 Å². The number of hydrogen-bond acceptors (Lipinski definition) is 1. The first kappa shape index (κ1) is 13.3. The van der Waals surface area contributed by atoms with Gasteiger partial charge in [-0.3, -0.25) is 4.79 Å². The van der Waals surface area contributed by atoms with Crippen LogP contribution in [-0.2, 0) is 4.79 Å². The molecule has 6 heteroatoms. The van der Waals surface area contributed by atoms with Crippen LogP contribution in [0, 0.1) is 5.92 Å². The predicted octanol–water partition coefficient (Wildman–Crippen LogP) is 4.36. The number of carbonyl (C=O) groups is 1. The van der Waals surface area contributed by atoms with Crippen molar-refractivity contribution in [3.05, 3.63) is 33.8 Å². The van der Waals surface area contributed by atoms with Gasteiger partial charge in [0, 0.05) is 21.9 Å². The molecule has 2 atom stereocenters. The Labute approximate surface area is 118 Å². The molecular formula is C11H8Cl4O2. The van der Waals surface area contributed by atoms with E-state index in [-0.39, 0.29) is 18.3 Å². The number of carboxylic acid groups (broad SMARTS) is 1. The number of halogens is 4. The third kappa shape index (κ3) is 2.65. The van der Waals surface area contributed by atoms with E-state index in [4.69, 9.17) is 51.5 Å². The van der Waals surface area contributed by atoms with Gasteiger partial charge in [-0.05, 0) is 23.8 Å². The monoisotopic (exact) mass is 312 g/mol. The van der Waals surface area contributed by atoms with Gasteiger partial charge in [0.2, 0.25) is 0 Å². The molecule has 1 aliphatic rings. The minimum atomic E-state index is -1.05. The standard InChI is InChI=1S/C11H8Cl4O2/c12-6-1-5(2-7(13)3-6)10-8(4-9(16)17)11(10,14)15/h1-3,8,10H,4H2,(H,16,17)/t8-,10-/m1/s1. The molecule has 92 valence electrons. The van der Waals surface area contributed by atoms with Gasteiger partial charge < -0.3 is 5.11 Å². The van der Waals surface area contributed by atoms with Gasteiger partial charge in [-0.2, -0.15) is 0 Å². The highest BCUT2D eigenvalue weighted by molar-refractivity contribution is 6.52. The fraction of sp³-hybridized carbons (Fsp3) is 0.364. The van der Waals surface area contributed by atoms with Crippen molar-refractivity contribution in [3.8, 4) is 0 Å². The van der Waals surface area contributed by atoms with Crippen LogP contribution < -0.4 is 0 Å². The molecule has 1 aromatic carbocycles. The summed E-state index contributed by atoms with van der Waals surface area (Å²) in [6, 6.07) is 5.02. The number of hydrogen-bond donors (Lipinski definition) is 1. The molecule has 1 aromatic rings. The molecule has 0 unspecified atom stereocenters. The zero-order chi connectivity index (χ0) is 12.8.